The Morgan fingerprint density at radius 1 is 1.32 bits per heavy atom. The molecule has 1 N–H and O–H groups in total. The van der Waals surface area contributed by atoms with Gasteiger partial charge in [-0.15, -0.1) is 0 Å². The van der Waals surface area contributed by atoms with E-state index in [0.717, 1.165) is 23.7 Å². The van der Waals surface area contributed by atoms with Crippen LogP contribution in [-0.2, 0) is 13.6 Å². The first-order chi connectivity index (χ1) is 13.3. The number of hydrogen-bond donors (Lipinski definition) is 1. The van der Waals surface area contributed by atoms with Crippen molar-refractivity contribution >= 4 is 5.91 Å². The third-order valence-corrected chi connectivity index (χ3v) is 6.27. The summed E-state index contributed by atoms with van der Waals surface area (Å²) in [5, 5.41) is 14.1. The van der Waals surface area contributed by atoms with E-state index in [0.29, 0.717) is 26.2 Å². The number of pyridine rings is 1. The normalized spacial score (nSPS) is 24.7. The van der Waals surface area contributed by atoms with Gasteiger partial charge in [0.15, 0.2) is 5.76 Å². The summed E-state index contributed by atoms with van der Waals surface area (Å²) in [5.41, 5.74) is 1.21. The van der Waals surface area contributed by atoms with Gasteiger partial charge in [0.1, 0.15) is 5.56 Å². The van der Waals surface area contributed by atoms with Gasteiger partial charge in [-0.05, 0) is 31.9 Å². The van der Waals surface area contributed by atoms with E-state index in [1.54, 1.807) is 24.1 Å². The lowest BCUT2D eigenvalue weighted by Crippen LogP contribution is -2.40. The van der Waals surface area contributed by atoms with Crippen molar-refractivity contribution in [1.29, 1.82) is 0 Å². The van der Waals surface area contributed by atoms with E-state index in [1.165, 1.54) is 4.57 Å². The standard InChI is InChI=1S/C20H26N4O4/c1-13-6-16(28-21-13)9-23-7-15-8-24(11-20(15,10-23)12-25)19(27)17-5-4-14(2)22(3)18(17)26/h4-6,15,25H,7-12H2,1-3H3. The summed E-state index contributed by atoms with van der Waals surface area (Å²) >= 11 is 0. The van der Waals surface area contributed by atoms with Crippen LogP contribution < -0.4 is 5.56 Å². The SMILES string of the molecule is Cc1cc(CN2CC3CN(C(=O)c4ccc(C)n(C)c4=O)CC3(CO)C2)on1. The van der Waals surface area contributed by atoms with Crippen LogP contribution >= 0.6 is 0 Å². The maximum atomic E-state index is 13.0. The van der Waals surface area contributed by atoms with Gasteiger partial charge in [0.05, 0.1) is 18.8 Å². The van der Waals surface area contributed by atoms with Gasteiger partial charge >= 0.3 is 0 Å². The van der Waals surface area contributed by atoms with E-state index in [2.05, 4.69) is 10.1 Å². The molecular weight excluding hydrogens is 360 g/mol. The third-order valence-electron chi connectivity index (χ3n) is 6.27. The number of nitrogens with zero attached hydrogens (tertiary/aromatic N) is 4. The van der Waals surface area contributed by atoms with Crippen molar-refractivity contribution in [2.75, 3.05) is 32.8 Å². The first-order valence-electron chi connectivity index (χ1n) is 9.54. The Bertz CT molecular complexity index is 965. The van der Waals surface area contributed by atoms with Crippen LogP contribution in [0.4, 0.5) is 0 Å². The number of hydrogen-bond acceptors (Lipinski definition) is 6. The largest absolute Gasteiger partial charge is 0.396 e. The third kappa shape index (κ3) is 3.06. The fourth-order valence-corrected chi connectivity index (χ4v) is 4.56. The maximum Gasteiger partial charge on any atom is 0.263 e. The van der Waals surface area contributed by atoms with Crippen LogP contribution in [-0.4, -0.2) is 63.3 Å². The molecule has 2 aliphatic rings. The van der Waals surface area contributed by atoms with E-state index >= 15 is 0 Å². The average molecular weight is 386 g/mol. The van der Waals surface area contributed by atoms with E-state index in [4.69, 9.17) is 4.52 Å². The molecule has 0 aromatic carbocycles. The monoisotopic (exact) mass is 386 g/mol. The highest BCUT2D eigenvalue weighted by molar-refractivity contribution is 5.94. The minimum atomic E-state index is -0.360. The predicted octanol–water partition coefficient (Wildman–Crippen LogP) is 0.557. The molecular formula is C20H26N4O4. The van der Waals surface area contributed by atoms with Gasteiger partial charge in [-0.25, -0.2) is 0 Å². The van der Waals surface area contributed by atoms with Crippen molar-refractivity contribution in [3.8, 4) is 0 Å². The number of amides is 1. The Balaban J connectivity index is 1.49. The summed E-state index contributed by atoms with van der Waals surface area (Å²) in [5.74, 6) is 0.724. The molecule has 150 valence electrons. The molecule has 2 fully saturated rings. The highest BCUT2D eigenvalue weighted by atomic mass is 16.5. The molecule has 0 radical (unpaired) electrons. The fraction of sp³-hybridized carbons (Fsp3) is 0.550. The van der Waals surface area contributed by atoms with Crippen molar-refractivity contribution in [1.82, 2.24) is 19.5 Å². The Morgan fingerprint density at radius 3 is 2.75 bits per heavy atom. The quantitative estimate of drug-likeness (QED) is 0.825. The molecule has 0 saturated carbocycles. The number of likely N-dealkylation sites (tertiary alicyclic amines) is 2. The van der Waals surface area contributed by atoms with Crippen LogP contribution in [0.5, 0.6) is 0 Å². The van der Waals surface area contributed by atoms with Crippen molar-refractivity contribution in [3.05, 3.63) is 51.3 Å². The zero-order chi connectivity index (χ0) is 20.1. The second kappa shape index (κ2) is 6.86. The molecule has 28 heavy (non-hydrogen) atoms. The number of aryl methyl sites for hydroxylation is 2. The van der Waals surface area contributed by atoms with Crippen molar-refractivity contribution in [2.24, 2.45) is 18.4 Å². The molecule has 4 rings (SSSR count). The Labute approximate surface area is 163 Å². The van der Waals surface area contributed by atoms with Gasteiger partial charge < -0.3 is 19.1 Å². The van der Waals surface area contributed by atoms with Crippen LogP contribution in [0.1, 0.15) is 27.5 Å². The summed E-state index contributed by atoms with van der Waals surface area (Å²) < 4.78 is 6.80. The molecule has 2 unspecified atom stereocenters. The molecule has 0 aliphatic carbocycles. The Morgan fingerprint density at radius 2 is 2.11 bits per heavy atom. The minimum absolute atomic E-state index is 0.0132. The Kier molecular flexibility index (Phi) is 4.63. The molecule has 2 atom stereocenters. The van der Waals surface area contributed by atoms with Gasteiger partial charge in [-0.2, -0.15) is 0 Å². The molecule has 8 heteroatoms. The zero-order valence-electron chi connectivity index (χ0n) is 16.5. The number of carbonyl (C=O) groups excluding carboxylic acids is 1. The highest BCUT2D eigenvalue weighted by Gasteiger charge is 2.53. The van der Waals surface area contributed by atoms with Crippen LogP contribution in [0, 0.1) is 25.2 Å². The van der Waals surface area contributed by atoms with Crippen molar-refractivity contribution < 1.29 is 14.4 Å². The zero-order valence-corrected chi connectivity index (χ0v) is 16.5. The number of aromatic nitrogens is 2. The van der Waals surface area contributed by atoms with Gasteiger partial charge in [0, 0.05) is 50.4 Å². The Hall–Kier alpha value is -2.45. The second-order valence-electron chi connectivity index (χ2n) is 8.26. The predicted molar refractivity (Wildman–Crippen MR) is 102 cm³/mol. The topological polar surface area (TPSA) is 91.8 Å². The number of rotatable bonds is 4. The van der Waals surface area contributed by atoms with Crippen LogP contribution in [0.15, 0.2) is 27.5 Å². The number of aliphatic hydroxyl groups is 1. The lowest BCUT2D eigenvalue weighted by atomic mass is 9.82. The first kappa shape index (κ1) is 18.9. The van der Waals surface area contributed by atoms with Gasteiger partial charge in [0.2, 0.25) is 0 Å². The fourth-order valence-electron chi connectivity index (χ4n) is 4.56. The molecule has 1 amide bonds. The summed E-state index contributed by atoms with van der Waals surface area (Å²) in [6, 6.07) is 5.31. The van der Waals surface area contributed by atoms with Crippen LogP contribution in [0.3, 0.4) is 0 Å². The van der Waals surface area contributed by atoms with Crippen molar-refractivity contribution in [3.63, 3.8) is 0 Å². The maximum absolute atomic E-state index is 13.0. The molecule has 4 heterocycles. The van der Waals surface area contributed by atoms with E-state index in [-0.39, 0.29) is 35.0 Å². The van der Waals surface area contributed by atoms with Gasteiger partial charge in [0.25, 0.3) is 11.5 Å². The van der Waals surface area contributed by atoms with Crippen LogP contribution in [0.25, 0.3) is 0 Å². The number of carbonyl (C=O) groups is 1. The summed E-state index contributed by atoms with van der Waals surface area (Å²) in [6.07, 6.45) is 0. The molecule has 0 spiro atoms. The number of fused-ring (bicyclic) bond motifs is 1. The molecule has 2 aliphatic heterocycles. The average Bonchev–Trinajstić information content (AvgIpc) is 3.32. The smallest absolute Gasteiger partial charge is 0.263 e. The lowest BCUT2D eigenvalue weighted by Gasteiger charge is -2.27. The van der Waals surface area contributed by atoms with Crippen LogP contribution in [0.2, 0.25) is 0 Å². The first-order valence-corrected chi connectivity index (χ1v) is 9.54. The summed E-state index contributed by atoms with van der Waals surface area (Å²) in [6.45, 7) is 6.84. The molecule has 2 saturated heterocycles. The lowest BCUT2D eigenvalue weighted by molar-refractivity contribution is 0.0713. The van der Waals surface area contributed by atoms with Gasteiger partial charge in [-0.3, -0.25) is 14.5 Å². The van der Waals surface area contributed by atoms with E-state index in [9.17, 15) is 14.7 Å². The van der Waals surface area contributed by atoms with Crippen molar-refractivity contribution in [2.45, 2.75) is 20.4 Å². The second-order valence-corrected chi connectivity index (χ2v) is 8.26. The van der Waals surface area contributed by atoms with E-state index < -0.39 is 0 Å². The molecule has 0 bridgehead atoms. The number of aliphatic hydroxyl groups excluding tert-OH is 1. The van der Waals surface area contributed by atoms with Gasteiger partial charge in [-0.1, -0.05) is 5.16 Å². The molecule has 8 nitrogen and oxygen atoms in total. The summed E-state index contributed by atoms with van der Waals surface area (Å²) in [7, 11) is 1.67. The highest BCUT2D eigenvalue weighted by Crippen LogP contribution is 2.42. The minimum Gasteiger partial charge on any atom is -0.396 e. The van der Waals surface area contributed by atoms with E-state index in [1.807, 2.05) is 19.9 Å². The molecule has 2 aromatic heterocycles. The molecule has 2 aromatic rings. The summed E-state index contributed by atoms with van der Waals surface area (Å²) in [4.78, 5) is 29.4.